The summed E-state index contributed by atoms with van der Waals surface area (Å²) >= 11 is 1.49. The van der Waals surface area contributed by atoms with Crippen LogP contribution in [0.3, 0.4) is 0 Å². The van der Waals surface area contributed by atoms with Gasteiger partial charge in [0.1, 0.15) is 10.6 Å². The summed E-state index contributed by atoms with van der Waals surface area (Å²) in [4.78, 5) is 33.3. The van der Waals surface area contributed by atoms with Crippen molar-refractivity contribution >= 4 is 33.7 Å². The minimum Gasteiger partial charge on any atom is -0.507 e. The topological polar surface area (TPSA) is 107 Å². The van der Waals surface area contributed by atoms with E-state index in [1.165, 1.54) is 28.5 Å². The number of carbonyl (C=O) groups is 1. The second-order valence-corrected chi connectivity index (χ2v) is 7.15. The van der Waals surface area contributed by atoms with E-state index >= 15 is 0 Å². The maximum absolute atomic E-state index is 12.4. The van der Waals surface area contributed by atoms with Crippen molar-refractivity contribution in [3.8, 4) is 5.75 Å². The third-order valence-electron chi connectivity index (χ3n) is 4.35. The largest absolute Gasteiger partial charge is 0.507 e. The van der Waals surface area contributed by atoms with Crippen LogP contribution < -0.4 is 11.0 Å². The number of hydrogen-bond donors (Lipinski definition) is 3. The lowest BCUT2D eigenvalue weighted by Gasteiger charge is -2.09. The third kappa shape index (κ3) is 2.99. The van der Waals surface area contributed by atoms with Gasteiger partial charge in [0.25, 0.3) is 5.56 Å². The van der Waals surface area contributed by atoms with Gasteiger partial charge in [-0.1, -0.05) is 12.1 Å². The smallest absolute Gasteiger partial charge is 0.307 e. The highest BCUT2D eigenvalue weighted by atomic mass is 32.1. The third-order valence-corrected chi connectivity index (χ3v) is 5.53. The summed E-state index contributed by atoms with van der Waals surface area (Å²) in [6, 6.07) is 6.62. The molecule has 7 nitrogen and oxygen atoms in total. The van der Waals surface area contributed by atoms with Gasteiger partial charge in [0.05, 0.1) is 11.6 Å². The number of nitrogens with one attached hydrogen (secondary N) is 2. The molecule has 2 heterocycles. The fourth-order valence-electron chi connectivity index (χ4n) is 3.08. The quantitative estimate of drug-likeness (QED) is 0.487. The summed E-state index contributed by atoms with van der Waals surface area (Å²) in [5, 5.41) is 14.1. The molecule has 0 spiro atoms. The van der Waals surface area contributed by atoms with Crippen LogP contribution in [0.5, 0.6) is 5.75 Å². The molecule has 1 aliphatic rings. The summed E-state index contributed by atoms with van der Waals surface area (Å²) in [6.07, 6.45) is 5.36. The van der Waals surface area contributed by atoms with Crippen LogP contribution in [0.2, 0.25) is 0 Å². The summed E-state index contributed by atoms with van der Waals surface area (Å²) < 4.78 is 0. The number of aromatic nitrogens is 2. The molecule has 0 saturated carbocycles. The van der Waals surface area contributed by atoms with Crippen molar-refractivity contribution in [3.63, 3.8) is 0 Å². The van der Waals surface area contributed by atoms with Gasteiger partial charge in [-0.05, 0) is 43.4 Å². The minimum atomic E-state index is -0.609. The lowest BCUT2D eigenvalue weighted by molar-refractivity contribution is 0.0945. The van der Waals surface area contributed by atoms with Crippen LogP contribution in [0, 0.1) is 0 Å². The zero-order valence-corrected chi connectivity index (χ0v) is 14.6. The number of fused-ring (bicyclic) bond motifs is 3. The standard InChI is InChI=1S/C18H16N4O3S/c23-12-7-3-1-5-10(12)9-19-22-17(25)15-20-16(24)14-11-6-2-4-8-13(11)26-18(14)21-15/h1,3,5,7,9,23H,2,4,6,8H2,(H,22,25)(H,20,21,24). The predicted octanol–water partition coefficient (Wildman–Crippen LogP) is 2.33. The lowest BCUT2D eigenvalue weighted by Crippen LogP contribution is -2.24. The number of rotatable bonds is 3. The van der Waals surface area contributed by atoms with E-state index in [0.29, 0.717) is 15.8 Å². The number of amides is 1. The molecule has 1 amide bonds. The van der Waals surface area contributed by atoms with Crippen molar-refractivity contribution in [2.45, 2.75) is 25.7 Å². The van der Waals surface area contributed by atoms with Crippen LogP contribution >= 0.6 is 11.3 Å². The van der Waals surface area contributed by atoms with Gasteiger partial charge < -0.3 is 10.1 Å². The van der Waals surface area contributed by atoms with Crippen LogP contribution in [0.25, 0.3) is 10.2 Å². The maximum atomic E-state index is 12.4. The predicted molar refractivity (Wildman–Crippen MR) is 100 cm³/mol. The van der Waals surface area contributed by atoms with Gasteiger partial charge >= 0.3 is 5.91 Å². The Hall–Kier alpha value is -3.00. The van der Waals surface area contributed by atoms with Crippen LogP contribution in [-0.2, 0) is 12.8 Å². The van der Waals surface area contributed by atoms with E-state index < -0.39 is 5.91 Å². The first-order valence-corrected chi connectivity index (χ1v) is 9.11. The highest BCUT2D eigenvalue weighted by Crippen LogP contribution is 2.33. The zero-order chi connectivity index (χ0) is 18.1. The molecule has 2 aromatic heterocycles. The minimum absolute atomic E-state index is 0.0580. The number of H-pyrrole nitrogens is 1. The zero-order valence-electron chi connectivity index (χ0n) is 13.8. The molecule has 0 aliphatic heterocycles. The first-order valence-electron chi connectivity index (χ1n) is 8.29. The van der Waals surface area contributed by atoms with E-state index in [0.717, 1.165) is 31.2 Å². The lowest BCUT2D eigenvalue weighted by atomic mass is 9.97. The number of aryl methyl sites for hydroxylation is 2. The molecular weight excluding hydrogens is 352 g/mol. The molecule has 8 heteroatoms. The van der Waals surface area contributed by atoms with E-state index in [2.05, 4.69) is 20.5 Å². The fraction of sp³-hybridized carbons (Fsp3) is 0.222. The molecule has 0 saturated heterocycles. The fourth-order valence-corrected chi connectivity index (χ4v) is 4.34. The number of aromatic amines is 1. The van der Waals surface area contributed by atoms with E-state index in [1.54, 1.807) is 18.2 Å². The van der Waals surface area contributed by atoms with Gasteiger partial charge in [0.2, 0.25) is 5.82 Å². The molecule has 3 aromatic rings. The second kappa shape index (κ2) is 6.72. The van der Waals surface area contributed by atoms with Crippen molar-refractivity contribution < 1.29 is 9.90 Å². The van der Waals surface area contributed by atoms with Gasteiger partial charge in [0.15, 0.2) is 0 Å². The van der Waals surface area contributed by atoms with Crippen molar-refractivity contribution in [3.05, 3.63) is 56.4 Å². The SMILES string of the molecule is O=C(NN=Cc1ccccc1O)c1nc2sc3c(c2c(=O)[nH]1)CCCC3. The average Bonchev–Trinajstić information content (AvgIpc) is 3.02. The Morgan fingerprint density at radius 2 is 2.12 bits per heavy atom. The van der Waals surface area contributed by atoms with Crippen molar-refractivity contribution in [2.75, 3.05) is 0 Å². The Morgan fingerprint density at radius 1 is 1.31 bits per heavy atom. The van der Waals surface area contributed by atoms with Crippen LogP contribution in [-0.4, -0.2) is 27.2 Å². The van der Waals surface area contributed by atoms with Crippen LogP contribution in [0.1, 0.15) is 39.5 Å². The molecule has 1 aromatic carbocycles. The number of hydrazone groups is 1. The number of benzene rings is 1. The summed E-state index contributed by atoms with van der Waals surface area (Å²) in [5.74, 6) is -0.625. The van der Waals surface area contributed by atoms with Gasteiger partial charge in [-0.3, -0.25) is 9.59 Å². The molecule has 4 rings (SSSR count). The Balaban J connectivity index is 1.59. The number of thiophene rings is 1. The first-order chi connectivity index (χ1) is 12.6. The summed E-state index contributed by atoms with van der Waals surface area (Å²) in [5.41, 5.74) is 3.58. The number of nitrogens with zero attached hydrogens (tertiary/aromatic N) is 2. The van der Waals surface area contributed by atoms with Crippen LogP contribution in [0.15, 0.2) is 34.2 Å². The maximum Gasteiger partial charge on any atom is 0.307 e. The Kier molecular flexibility index (Phi) is 4.26. The number of para-hydroxylation sites is 1. The molecule has 0 bridgehead atoms. The van der Waals surface area contributed by atoms with Crippen molar-refractivity contribution in [2.24, 2.45) is 5.10 Å². The van der Waals surface area contributed by atoms with E-state index in [4.69, 9.17) is 0 Å². The number of hydrogen-bond acceptors (Lipinski definition) is 6. The molecule has 0 radical (unpaired) electrons. The van der Waals surface area contributed by atoms with Gasteiger partial charge in [-0.2, -0.15) is 5.10 Å². The molecule has 0 atom stereocenters. The molecule has 132 valence electrons. The normalized spacial score (nSPS) is 13.8. The average molecular weight is 368 g/mol. The van der Waals surface area contributed by atoms with Gasteiger partial charge in [0, 0.05) is 10.4 Å². The molecule has 1 aliphatic carbocycles. The second-order valence-electron chi connectivity index (χ2n) is 6.06. The summed E-state index contributed by atoms with van der Waals surface area (Å²) in [6.45, 7) is 0. The van der Waals surface area contributed by atoms with E-state index in [-0.39, 0.29) is 17.1 Å². The van der Waals surface area contributed by atoms with Gasteiger partial charge in [-0.25, -0.2) is 10.4 Å². The number of carbonyl (C=O) groups excluding carboxylic acids is 1. The van der Waals surface area contributed by atoms with E-state index in [9.17, 15) is 14.7 Å². The summed E-state index contributed by atoms with van der Waals surface area (Å²) in [7, 11) is 0. The number of aromatic hydroxyl groups is 1. The molecule has 3 N–H and O–H groups in total. The highest BCUT2D eigenvalue weighted by Gasteiger charge is 2.21. The number of phenolic OH excluding ortho intramolecular Hbond substituents is 1. The monoisotopic (exact) mass is 368 g/mol. The van der Waals surface area contributed by atoms with Crippen molar-refractivity contribution in [1.29, 1.82) is 0 Å². The van der Waals surface area contributed by atoms with Crippen molar-refractivity contribution in [1.82, 2.24) is 15.4 Å². The Bertz CT molecular complexity index is 1080. The molecular formula is C18H16N4O3S. The highest BCUT2D eigenvalue weighted by molar-refractivity contribution is 7.18. The van der Waals surface area contributed by atoms with E-state index in [1.807, 2.05) is 0 Å². The molecule has 26 heavy (non-hydrogen) atoms. The Morgan fingerprint density at radius 3 is 2.96 bits per heavy atom. The number of phenols is 1. The molecule has 0 unspecified atom stereocenters. The van der Waals surface area contributed by atoms with Crippen LogP contribution in [0.4, 0.5) is 0 Å². The van der Waals surface area contributed by atoms with Gasteiger partial charge in [-0.15, -0.1) is 11.3 Å². The first kappa shape index (κ1) is 16.5. The molecule has 0 fully saturated rings. The Labute approximate surface area is 152 Å².